The van der Waals surface area contributed by atoms with Gasteiger partial charge in [-0.3, -0.25) is 4.79 Å². The molecule has 6 heteroatoms. The van der Waals surface area contributed by atoms with Crippen molar-refractivity contribution in [2.24, 2.45) is 5.73 Å². The molecule has 0 aliphatic heterocycles. The summed E-state index contributed by atoms with van der Waals surface area (Å²) in [5, 5.41) is 2.81. The summed E-state index contributed by atoms with van der Waals surface area (Å²) in [6, 6.07) is 3.42. The molecule has 3 N–H and O–H groups in total. The van der Waals surface area contributed by atoms with Crippen LogP contribution in [-0.4, -0.2) is 22.0 Å². The van der Waals surface area contributed by atoms with E-state index < -0.39 is 0 Å². The number of furan rings is 1. The number of nitrogens with two attached hydrogens (primary N) is 1. The normalized spacial score (nSPS) is 12.3. The van der Waals surface area contributed by atoms with E-state index in [0.717, 1.165) is 0 Å². The zero-order valence-electron chi connectivity index (χ0n) is 10.2. The first-order chi connectivity index (χ1) is 8.70. The summed E-state index contributed by atoms with van der Waals surface area (Å²) in [6.45, 7) is 3.02. The van der Waals surface area contributed by atoms with E-state index in [1.54, 1.807) is 29.4 Å². The molecule has 1 amide bonds. The van der Waals surface area contributed by atoms with Gasteiger partial charge in [0, 0.05) is 19.3 Å². The number of nitrogens with one attached hydrogen (secondary N) is 1. The summed E-state index contributed by atoms with van der Waals surface area (Å²) in [7, 11) is 0. The van der Waals surface area contributed by atoms with E-state index in [9.17, 15) is 4.79 Å². The van der Waals surface area contributed by atoms with Crippen molar-refractivity contribution in [3.63, 3.8) is 0 Å². The third kappa shape index (κ3) is 2.78. The van der Waals surface area contributed by atoms with Gasteiger partial charge < -0.3 is 20.0 Å². The molecule has 0 radical (unpaired) electrons. The summed E-state index contributed by atoms with van der Waals surface area (Å²) in [4.78, 5) is 15.9. The first-order valence-corrected chi connectivity index (χ1v) is 5.77. The fraction of sp³-hybridized carbons (Fsp3) is 0.333. The molecule has 0 fully saturated rings. The van der Waals surface area contributed by atoms with Gasteiger partial charge in [-0.05, 0) is 19.1 Å². The second-order valence-electron chi connectivity index (χ2n) is 4.00. The van der Waals surface area contributed by atoms with Crippen molar-refractivity contribution in [3.05, 3.63) is 42.4 Å². The standard InChI is InChI=1S/C12H16N4O2/c1-9(11-3-2-6-18-11)15-12(17)10-7-16(5-4-13)8-14-10/h2-3,6-9H,4-5,13H2,1H3,(H,15,17)/t9-/m1/s1. The van der Waals surface area contributed by atoms with Crippen LogP contribution in [0.1, 0.15) is 29.2 Å². The Hall–Kier alpha value is -2.08. The Kier molecular flexibility index (Phi) is 3.78. The number of rotatable bonds is 5. The highest BCUT2D eigenvalue weighted by molar-refractivity contribution is 5.92. The van der Waals surface area contributed by atoms with Gasteiger partial charge in [0.05, 0.1) is 18.6 Å². The summed E-state index contributed by atoms with van der Waals surface area (Å²) >= 11 is 0. The minimum absolute atomic E-state index is 0.188. The van der Waals surface area contributed by atoms with Crippen LogP contribution < -0.4 is 11.1 Å². The van der Waals surface area contributed by atoms with Crippen LogP contribution in [0.15, 0.2) is 35.3 Å². The second-order valence-corrected chi connectivity index (χ2v) is 4.00. The molecule has 96 valence electrons. The Bertz CT molecular complexity index is 504. The third-order valence-electron chi connectivity index (χ3n) is 2.57. The molecular weight excluding hydrogens is 232 g/mol. The largest absolute Gasteiger partial charge is 0.467 e. The zero-order chi connectivity index (χ0) is 13.0. The van der Waals surface area contributed by atoms with Crippen molar-refractivity contribution >= 4 is 5.91 Å². The van der Waals surface area contributed by atoms with Gasteiger partial charge in [-0.15, -0.1) is 0 Å². The number of amides is 1. The monoisotopic (exact) mass is 248 g/mol. The van der Waals surface area contributed by atoms with Crippen LogP contribution in [0, 0.1) is 0 Å². The Labute approximate surface area is 105 Å². The minimum atomic E-state index is -0.227. The van der Waals surface area contributed by atoms with E-state index in [1.165, 1.54) is 0 Å². The van der Waals surface area contributed by atoms with Crippen LogP contribution >= 0.6 is 0 Å². The summed E-state index contributed by atoms with van der Waals surface area (Å²) in [6.07, 6.45) is 4.85. The van der Waals surface area contributed by atoms with Crippen molar-refractivity contribution in [2.45, 2.75) is 19.5 Å². The van der Waals surface area contributed by atoms with E-state index in [1.807, 2.05) is 13.0 Å². The molecular formula is C12H16N4O2. The number of nitrogens with zero attached hydrogens (tertiary/aromatic N) is 2. The maximum absolute atomic E-state index is 11.9. The summed E-state index contributed by atoms with van der Waals surface area (Å²) in [5.41, 5.74) is 5.81. The van der Waals surface area contributed by atoms with Gasteiger partial charge in [0.1, 0.15) is 11.5 Å². The quantitative estimate of drug-likeness (QED) is 0.824. The molecule has 0 aliphatic rings. The van der Waals surface area contributed by atoms with E-state index in [2.05, 4.69) is 10.3 Å². The van der Waals surface area contributed by atoms with Crippen molar-refractivity contribution in [1.29, 1.82) is 0 Å². The van der Waals surface area contributed by atoms with Crippen LogP contribution in [0.3, 0.4) is 0 Å². The number of hydrogen-bond donors (Lipinski definition) is 2. The van der Waals surface area contributed by atoms with E-state index in [0.29, 0.717) is 24.5 Å². The molecule has 0 saturated carbocycles. The Morgan fingerprint density at radius 3 is 3.17 bits per heavy atom. The third-order valence-corrected chi connectivity index (χ3v) is 2.57. The lowest BCUT2D eigenvalue weighted by Gasteiger charge is -2.09. The number of hydrogen-bond acceptors (Lipinski definition) is 4. The van der Waals surface area contributed by atoms with Crippen molar-refractivity contribution < 1.29 is 9.21 Å². The van der Waals surface area contributed by atoms with Crippen LogP contribution in [0.2, 0.25) is 0 Å². The molecule has 0 spiro atoms. The minimum Gasteiger partial charge on any atom is -0.467 e. The molecule has 2 heterocycles. The summed E-state index contributed by atoms with van der Waals surface area (Å²) in [5.74, 6) is 0.486. The number of carbonyl (C=O) groups excluding carboxylic acids is 1. The van der Waals surface area contributed by atoms with Crippen LogP contribution in [0.5, 0.6) is 0 Å². The van der Waals surface area contributed by atoms with E-state index >= 15 is 0 Å². The average molecular weight is 248 g/mol. The Balaban J connectivity index is 1.98. The highest BCUT2D eigenvalue weighted by Gasteiger charge is 2.15. The van der Waals surface area contributed by atoms with Gasteiger partial charge in [-0.25, -0.2) is 4.98 Å². The van der Waals surface area contributed by atoms with Crippen molar-refractivity contribution in [3.8, 4) is 0 Å². The summed E-state index contributed by atoms with van der Waals surface area (Å²) < 4.78 is 7.00. The molecule has 0 aromatic carbocycles. The maximum atomic E-state index is 11.9. The fourth-order valence-corrected chi connectivity index (χ4v) is 1.63. The molecule has 0 saturated heterocycles. The fourth-order valence-electron chi connectivity index (χ4n) is 1.63. The van der Waals surface area contributed by atoms with Crippen molar-refractivity contribution in [2.75, 3.05) is 6.54 Å². The first-order valence-electron chi connectivity index (χ1n) is 5.77. The number of aromatic nitrogens is 2. The average Bonchev–Trinajstić information content (AvgIpc) is 3.00. The molecule has 0 bridgehead atoms. The van der Waals surface area contributed by atoms with Gasteiger partial charge >= 0.3 is 0 Å². The lowest BCUT2D eigenvalue weighted by Crippen LogP contribution is -2.26. The van der Waals surface area contributed by atoms with E-state index in [4.69, 9.17) is 10.2 Å². The molecule has 0 aliphatic carbocycles. The molecule has 2 aromatic rings. The zero-order valence-corrected chi connectivity index (χ0v) is 10.2. The van der Waals surface area contributed by atoms with Gasteiger partial charge in [0.2, 0.25) is 0 Å². The molecule has 1 atom stereocenters. The molecule has 6 nitrogen and oxygen atoms in total. The predicted molar refractivity (Wildman–Crippen MR) is 65.9 cm³/mol. The topological polar surface area (TPSA) is 86.1 Å². The van der Waals surface area contributed by atoms with Gasteiger partial charge in [-0.2, -0.15) is 0 Å². The molecule has 0 unspecified atom stereocenters. The lowest BCUT2D eigenvalue weighted by molar-refractivity contribution is 0.0930. The van der Waals surface area contributed by atoms with E-state index in [-0.39, 0.29) is 11.9 Å². The lowest BCUT2D eigenvalue weighted by atomic mass is 10.2. The molecule has 18 heavy (non-hydrogen) atoms. The number of imidazole rings is 1. The molecule has 2 aromatic heterocycles. The van der Waals surface area contributed by atoms with Crippen LogP contribution in [0.25, 0.3) is 0 Å². The SMILES string of the molecule is C[C@@H](NC(=O)c1cn(CCN)cn1)c1ccco1. The highest BCUT2D eigenvalue weighted by atomic mass is 16.3. The van der Waals surface area contributed by atoms with Gasteiger partial charge in [0.15, 0.2) is 0 Å². The molecule has 2 rings (SSSR count). The van der Waals surface area contributed by atoms with Crippen LogP contribution in [-0.2, 0) is 6.54 Å². The van der Waals surface area contributed by atoms with Crippen LogP contribution in [0.4, 0.5) is 0 Å². The van der Waals surface area contributed by atoms with Gasteiger partial charge in [-0.1, -0.05) is 0 Å². The van der Waals surface area contributed by atoms with Gasteiger partial charge in [0.25, 0.3) is 5.91 Å². The smallest absolute Gasteiger partial charge is 0.272 e. The Morgan fingerprint density at radius 1 is 1.67 bits per heavy atom. The predicted octanol–water partition coefficient (Wildman–Crippen LogP) is 0.926. The number of carbonyl (C=O) groups is 1. The Morgan fingerprint density at radius 2 is 2.50 bits per heavy atom. The maximum Gasteiger partial charge on any atom is 0.272 e. The first kappa shape index (κ1) is 12.4. The van der Waals surface area contributed by atoms with Crippen molar-refractivity contribution in [1.82, 2.24) is 14.9 Å². The highest BCUT2D eigenvalue weighted by Crippen LogP contribution is 2.12. The second kappa shape index (κ2) is 5.50.